The Labute approximate surface area is 82.6 Å². The number of nitrogens with one attached hydrogen (secondary N) is 1. The predicted molar refractivity (Wildman–Crippen MR) is 55.8 cm³/mol. The number of rotatable bonds is 2. The molecule has 0 aliphatic carbocycles. The number of hydrogen-bond donors (Lipinski definition) is 2. The summed E-state index contributed by atoms with van der Waals surface area (Å²) in [4.78, 5) is 11.2. The van der Waals surface area contributed by atoms with E-state index < -0.39 is 0 Å². The predicted octanol–water partition coefficient (Wildman–Crippen LogP) is 1.20. The van der Waals surface area contributed by atoms with Crippen molar-refractivity contribution in [2.45, 2.75) is 12.8 Å². The summed E-state index contributed by atoms with van der Waals surface area (Å²) in [5.74, 6) is 0.0733. The van der Waals surface area contributed by atoms with E-state index in [1.807, 2.05) is 24.3 Å². The molecule has 1 heterocycles. The number of carbonyl (C=O) groups is 1. The van der Waals surface area contributed by atoms with Crippen molar-refractivity contribution in [2.75, 3.05) is 5.32 Å². The van der Waals surface area contributed by atoms with E-state index in [1.165, 1.54) is 11.8 Å². The van der Waals surface area contributed by atoms with Crippen molar-refractivity contribution in [3.05, 3.63) is 41.6 Å². The van der Waals surface area contributed by atoms with E-state index in [1.54, 1.807) is 0 Å². The van der Waals surface area contributed by atoms with E-state index in [9.17, 15) is 4.79 Å². The van der Waals surface area contributed by atoms with Gasteiger partial charge in [-0.2, -0.15) is 0 Å². The summed E-state index contributed by atoms with van der Waals surface area (Å²) in [6, 6.07) is 5.90. The molecule has 0 bridgehead atoms. The van der Waals surface area contributed by atoms with Crippen molar-refractivity contribution < 1.29 is 4.79 Å². The first-order chi connectivity index (χ1) is 6.81. The van der Waals surface area contributed by atoms with Crippen molar-refractivity contribution in [3.63, 3.8) is 0 Å². The smallest absolute Gasteiger partial charge is 0.228 e. The zero-order chi connectivity index (χ0) is 9.97. The molecular formula is C11H12N2O. The maximum atomic E-state index is 11.2. The van der Waals surface area contributed by atoms with Crippen LogP contribution in [0.15, 0.2) is 30.5 Å². The van der Waals surface area contributed by atoms with Crippen LogP contribution < -0.4 is 11.1 Å². The molecule has 0 fully saturated rings. The van der Waals surface area contributed by atoms with Crippen LogP contribution >= 0.6 is 0 Å². The molecule has 3 heteroatoms. The van der Waals surface area contributed by atoms with Gasteiger partial charge in [0.05, 0.1) is 6.42 Å². The number of anilines is 1. The summed E-state index contributed by atoms with van der Waals surface area (Å²) in [5, 5.41) is 2.82. The highest BCUT2D eigenvalue weighted by Crippen LogP contribution is 2.26. The van der Waals surface area contributed by atoms with Gasteiger partial charge in [-0.3, -0.25) is 4.79 Å². The fraction of sp³-hybridized carbons (Fsp3) is 0.182. The van der Waals surface area contributed by atoms with E-state index in [-0.39, 0.29) is 5.91 Å². The minimum Gasteiger partial charge on any atom is -0.405 e. The molecule has 3 N–H and O–H groups in total. The van der Waals surface area contributed by atoms with Crippen molar-refractivity contribution >= 4 is 11.6 Å². The Morgan fingerprint density at radius 2 is 2.36 bits per heavy atom. The quantitative estimate of drug-likeness (QED) is 0.732. The molecule has 0 spiro atoms. The largest absolute Gasteiger partial charge is 0.405 e. The Morgan fingerprint density at radius 1 is 1.50 bits per heavy atom. The Bertz CT molecular complexity index is 396. The van der Waals surface area contributed by atoms with Gasteiger partial charge in [0.2, 0.25) is 5.91 Å². The Morgan fingerprint density at radius 3 is 3.14 bits per heavy atom. The second-order valence-corrected chi connectivity index (χ2v) is 3.30. The monoisotopic (exact) mass is 188 g/mol. The third-order valence-corrected chi connectivity index (χ3v) is 2.36. The summed E-state index contributed by atoms with van der Waals surface area (Å²) in [6.07, 6.45) is 4.69. The number of fused-ring (bicyclic) bond motifs is 1. The van der Waals surface area contributed by atoms with E-state index >= 15 is 0 Å². The van der Waals surface area contributed by atoms with Gasteiger partial charge in [-0.05, 0) is 29.8 Å². The molecule has 0 atom stereocenters. The lowest BCUT2D eigenvalue weighted by Crippen LogP contribution is -2.03. The van der Waals surface area contributed by atoms with Crippen LogP contribution in [0, 0.1) is 0 Å². The molecule has 0 saturated carbocycles. The van der Waals surface area contributed by atoms with E-state index in [0.717, 1.165) is 17.7 Å². The van der Waals surface area contributed by atoms with E-state index in [4.69, 9.17) is 5.73 Å². The number of hydrogen-bond acceptors (Lipinski definition) is 2. The maximum Gasteiger partial charge on any atom is 0.228 e. The molecule has 72 valence electrons. The van der Waals surface area contributed by atoms with Gasteiger partial charge in [0.25, 0.3) is 0 Å². The highest BCUT2D eigenvalue weighted by atomic mass is 16.1. The fourth-order valence-corrected chi connectivity index (χ4v) is 1.70. The SMILES string of the molecule is NC=CCc1cccc2c1CC(=O)N2. The number of benzene rings is 1. The van der Waals surface area contributed by atoms with Gasteiger partial charge in [-0.1, -0.05) is 18.2 Å². The standard InChI is InChI=1S/C11H12N2O/c12-6-2-4-8-3-1-5-10-9(8)7-11(14)13-10/h1-3,5-6H,4,7,12H2,(H,13,14). The molecule has 1 aromatic carbocycles. The van der Waals surface area contributed by atoms with Crippen molar-refractivity contribution in [1.29, 1.82) is 0 Å². The minimum absolute atomic E-state index is 0.0733. The maximum absolute atomic E-state index is 11.2. The highest BCUT2D eigenvalue weighted by Gasteiger charge is 2.19. The number of nitrogens with two attached hydrogens (primary N) is 1. The van der Waals surface area contributed by atoms with Crippen LogP contribution in [0.25, 0.3) is 0 Å². The van der Waals surface area contributed by atoms with Crippen LogP contribution in [-0.4, -0.2) is 5.91 Å². The van der Waals surface area contributed by atoms with Gasteiger partial charge < -0.3 is 11.1 Å². The summed E-state index contributed by atoms with van der Waals surface area (Å²) in [6.45, 7) is 0. The molecule has 2 rings (SSSR count). The Balaban J connectivity index is 2.34. The summed E-state index contributed by atoms with van der Waals surface area (Å²) >= 11 is 0. The lowest BCUT2D eigenvalue weighted by Gasteiger charge is -2.03. The molecule has 1 aliphatic rings. The van der Waals surface area contributed by atoms with Crippen LogP contribution in [-0.2, 0) is 17.6 Å². The second kappa shape index (κ2) is 3.54. The first-order valence-electron chi connectivity index (χ1n) is 4.58. The average molecular weight is 188 g/mol. The third-order valence-electron chi connectivity index (χ3n) is 2.36. The molecule has 14 heavy (non-hydrogen) atoms. The van der Waals surface area contributed by atoms with Gasteiger partial charge in [-0.15, -0.1) is 0 Å². The first-order valence-corrected chi connectivity index (χ1v) is 4.58. The lowest BCUT2D eigenvalue weighted by atomic mass is 10.0. The molecule has 0 saturated heterocycles. The molecule has 1 aromatic rings. The Hall–Kier alpha value is -1.77. The molecular weight excluding hydrogens is 176 g/mol. The minimum atomic E-state index is 0.0733. The van der Waals surface area contributed by atoms with E-state index in [2.05, 4.69) is 5.32 Å². The average Bonchev–Trinajstić information content (AvgIpc) is 2.55. The lowest BCUT2D eigenvalue weighted by molar-refractivity contribution is -0.115. The molecule has 0 radical (unpaired) electrons. The van der Waals surface area contributed by atoms with Gasteiger partial charge in [0, 0.05) is 5.69 Å². The number of amides is 1. The van der Waals surface area contributed by atoms with Crippen molar-refractivity contribution in [2.24, 2.45) is 5.73 Å². The van der Waals surface area contributed by atoms with Gasteiger partial charge in [0.15, 0.2) is 0 Å². The van der Waals surface area contributed by atoms with Crippen molar-refractivity contribution in [1.82, 2.24) is 0 Å². The van der Waals surface area contributed by atoms with Crippen LogP contribution in [0.2, 0.25) is 0 Å². The van der Waals surface area contributed by atoms with Crippen LogP contribution in [0.5, 0.6) is 0 Å². The van der Waals surface area contributed by atoms with Gasteiger partial charge >= 0.3 is 0 Å². The molecule has 1 amide bonds. The normalized spacial score (nSPS) is 14.4. The van der Waals surface area contributed by atoms with E-state index in [0.29, 0.717) is 6.42 Å². The summed E-state index contributed by atoms with van der Waals surface area (Å²) < 4.78 is 0. The molecule has 1 aliphatic heterocycles. The number of allylic oxidation sites excluding steroid dienone is 1. The molecule has 0 aromatic heterocycles. The highest BCUT2D eigenvalue weighted by molar-refractivity contribution is 5.99. The van der Waals surface area contributed by atoms with Crippen LogP contribution in [0.1, 0.15) is 11.1 Å². The topological polar surface area (TPSA) is 55.1 Å². The van der Waals surface area contributed by atoms with Gasteiger partial charge in [0.1, 0.15) is 0 Å². The first kappa shape index (κ1) is 8.81. The zero-order valence-electron chi connectivity index (χ0n) is 7.79. The molecule has 3 nitrogen and oxygen atoms in total. The number of carbonyl (C=O) groups excluding carboxylic acids is 1. The van der Waals surface area contributed by atoms with Crippen molar-refractivity contribution in [3.8, 4) is 0 Å². The summed E-state index contributed by atoms with van der Waals surface area (Å²) in [7, 11) is 0. The van der Waals surface area contributed by atoms with Crippen LogP contribution in [0.3, 0.4) is 0 Å². The second-order valence-electron chi connectivity index (χ2n) is 3.30. The Kier molecular flexibility index (Phi) is 2.23. The van der Waals surface area contributed by atoms with Gasteiger partial charge in [-0.25, -0.2) is 0 Å². The fourth-order valence-electron chi connectivity index (χ4n) is 1.70. The third kappa shape index (κ3) is 1.48. The summed E-state index contributed by atoms with van der Waals surface area (Å²) in [5.41, 5.74) is 8.50. The van der Waals surface area contributed by atoms with Crippen LogP contribution in [0.4, 0.5) is 5.69 Å². The molecule has 0 unspecified atom stereocenters. The zero-order valence-corrected chi connectivity index (χ0v) is 7.79.